The molecule has 0 aromatic carbocycles. The first-order chi connectivity index (χ1) is 8.79. The van der Waals surface area contributed by atoms with Gasteiger partial charge in [0.2, 0.25) is 5.78 Å². The topological polar surface area (TPSA) is 47.4 Å². The Labute approximate surface area is 107 Å². The predicted molar refractivity (Wildman–Crippen MR) is 66.6 cm³/mol. The molecule has 0 amide bonds. The second kappa shape index (κ2) is 4.82. The summed E-state index contributed by atoms with van der Waals surface area (Å²) in [5.41, 5.74) is 0. The molecule has 3 rings (SSSR count). The normalized spacial score (nSPS) is 28.3. The molecule has 1 aromatic heterocycles. The molecule has 0 spiro atoms. The third-order valence-corrected chi connectivity index (χ3v) is 3.96. The minimum absolute atomic E-state index is 0.0206. The number of hydrogen-bond acceptors (Lipinski definition) is 4. The van der Waals surface area contributed by atoms with E-state index >= 15 is 0 Å². The van der Waals surface area contributed by atoms with E-state index in [-0.39, 0.29) is 11.9 Å². The summed E-state index contributed by atoms with van der Waals surface area (Å²) >= 11 is 0. The number of aryl methyl sites for hydroxylation is 1. The zero-order valence-electron chi connectivity index (χ0n) is 10.7. The van der Waals surface area contributed by atoms with Crippen molar-refractivity contribution in [1.82, 2.24) is 14.5 Å². The molecule has 0 radical (unpaired) electrons. The standard InChI is InChI=1S/C13H19N3O2/c1-2-15-7-5-14-13(15)12(17)11-8-16-6-3-4-10(16)9-18-11/h5,7,10-11H,2-4,6,8-9H2,1H3. The summed E-state index contributed by atoms with van der Waals surface area (Å²) in [6.07, 6.45) is 5.60. The van der Waals surface area contributed by atoms with Crippen LogP contribution in [0.4, 0.5) is 0 Å². The molecule has 2 aliphatic rings. The zero-order chi connectivity index (χ0) is 12.5. The van der Waals surface area contributed by atoms with Crippen LogP contribution in [0.15, 0.2) is 12.4 Å². The van der Waals surface area contributed by atoms with Gasteiger partial charge in [0.15, 0.2) is 5.82 Å². The number of ether oxygens (including phenoxy) is 1. The van der Waals surface area contributed by atoms with Gasteiger partial charge in [0.05, 0.1) is 6.61 Å². The molecular formula is C13H19N3O2. The Morgan fingerprint density at radius 3 is 3.33 bits per heavy atom. The van der Waals surface area contributed by atoms with Gasteiger partial charge >= 0.3 is 0 Å². The molecule has 2 aliphatic heterocycles. The number of aromatic nitrogens is 2. The fourth-order valence-electron chi connectivity index (χ4n) is 2.91. The van der Waals surface area contributed by atoms with E-state index in [2.05, 4.69) is 9.88 Å². The lowest BCUT2D eigenvalue weighted by Crippen LogP contribution is -2.49. The zero-order valence-corrected chi connectivity index (χ0v) is 10.7. The lowest BCUT2D eigenvalue weighted by atomic mass is 10.1. The van der Waals surface area contributed by atoms with Crippen LogP contribution in [0.2, 0.25) is 0 Å². The van der Waals surface area contributed by atoms with Gasteiger partial charge in [0.25, 0.3) is 0 Å². The summed E-state index contributed by atoms with van der Waals surface area (Å²) in [6.45, 7) is 5.28. The minimum Gasteiger partial charge on any atom is -0.367 e. The molecule has 0 aliphatic carbocycles. The number of Topliss-reactive ketones (excluding diaryl/α,β-unsaturated/α-hetero) is 1. The fraction of sp³-hybridized carbons (Fsp3) is 0.692. The van der Waals surface area contributed by atoms with Crippen molar-refractivity contribution in [2.24, 2.45) is 0 Å². The van der Waals surface area contributed by atoms with Crippen LogP contribution >= 0.6 is 0 Å². The summed E-state index contributed by atoms with van der Waals surface area (Å²) in [7, 11) is 0. The highest BCUT2D eigenvalue weighted by molar-refractivity contribution is 5.96. The Kier molecular flexibility index (Phi) is 3.18. The summed E-state index contributed by atoms with van der Waals surface area (Å²) in [5, 5.41) is 0. The number of imidazole rings is 1. The van der Waals surface area contributed by atoms with E-state index in [1.807, 2.05) is 17.7 Å². The van der Waals surface area contributed by atoms with E-state index in [9.17, 15) is 4.79 Å². The van der Waals surface area contributed by atoms with Gasteiger partial charge in [-0.25, -0.2) is 4.98 Å². The van der Waals surface area contributed by atoms with Gasteiger partial charge in [-0.2, -0.15) is 0 Å². The maximum atomic E-state index is 12.4. The van der Waals surface area contributed by atoms with Gasteiger partial charge in [0, 0.05) is 31.5 Å². The number of carbonyl (C=O) groups excluding carboxylic acids is 1. The molecule has 5 heteroatoms. The van der Waals surface area contributed by atoms with Crippen molar-refractivity contribution in [1.29, 1.82) is 0 Å². The maximum absolute atomic E-state index is 12.4. The third kappa shape index (κ3) is 1.97. The summed E-state index contributed by atoms with van der Waals surface area (Å²) in [6, 6.07) is 0.528. The average Bonchev–Trinajstić information content (AvgIpc) is 3.05. The average molecular weight is 249 g/mol. The van der Waals surface area contributed by atoms with E-state index < -0.39 is 0 Å². The van der Waals surface area contributed by atoms with Gasteiger partial charge in [-0.3, -0.25) is 9.69 Å². The molecule has 2 fully saturated rings. The second-order valence-electron chi connectivity index (χ2n) is 5.01. The number of nitrogens with zero attached hydrogens (tertiary/aromatic N) is 3. The van der Waals surface area contributed by atoms with Crippen LogP contribution in [-0.2, 0) is 11.3 Å². The second-order valence-corrected chi connectivity index (χ2v) is 5.01. The molecule has 0 saturated carbocycles. The predicted octanol–water partition coefficient (Wildman–Crippen LogP) is 0.949. The van der Waals surface area contributed by atoms with E-state index in [0.717, 1.165) is 19.6 Å². The van der Waals surface area contributed by atoms with Gasteiger partial charge in [-0.15, -0.1) is 0 Å². The summed E-state index contributed by atoms with van der Waals surface area (Å²) in [4.78, 5) is 18.9. The van der Waals surface area contributed by atoms with Crippen molar-refractivity contribution in [2.45, 2.75) is 38.5 Å². The Balaban J connectivity index is 1.73. The van der Waals surface area contributed by atoms with Crippen molar-refractivity contribution < 1.29 is 9.53 Å². The van der Waals surface area contributed by atoms with Crippen LogP contribution in [0.5, 0.6) is 0 Å². The highest BCUT2D eigenvalue weighted by atomic mass is 16.5. The molecule has 2 unspecified atom stereocenters. The molecule has 18 heavy (non-hydrogen) atoms. The lowest BCUT2D eigenvalue weighted by Gasteiger charge is -2.34. The van der Waals surface area contributed by atoms with Crippen LogP contribution in [0.25, 0.3) is 0 Å². The van der Waals surface area contributed by atoms with Gasteiger partial charge in [0.1, 0.15) is 6.10 Å². The lowest BCUT2D eigenvalue weighted by molar-refractivity contribution is -0.0350. The molecule has 0 bridgehead atoms. The van der Waals surface area contributed by atoms with Gasteiger partial charge < -0.3 is 9.30 Å². The van der Waals surface area contributed by atoms with Crippen molar-refractivity contribution >= 4 is 5.78 Å². The van der Waals surface area contributed by atoms with Crippen molar-refractivity contribution in [3.63, 3.8) is 0 Å². The molecule has 2 atom stereocenters. The number of ketones is 1. The smallest absolute Gasteiger partial charge is 0.228 e. The Morgan fingerprint density at radius 2 is 2.50 bits per heavy atom. The fourth-order valence-corrected chi connectivity index (χ4v) is 2.91. The monoisotopic (exact) mass is 249 g/mol. The van der Waals surface area contributed by atoms with Gasteiger partial charge in [-0.1, -0.05) is 0 Å². The summed E-state index contributed by atoms with van der Waals surface area (Å²) in [5.74, 6) is 0.548. The first-order valence-electron chi connectivity index (χ1n) is 6.70. The molecule has 98 valence electrons. The summed E-state index contributed by atoms with van der Waals surface area (Å²) < 4.78 is 7.61. The van der Waals surface area contributed by atoms with Crippen LogP contribution in [0, 0.1) is 0 Å². The molecule has 0 N–H and O–H groups in total. The number of morpholine rings is 1. The molecule has 5 nitrogen and oxygen atoms in total. The first kappa shape index (κ1) is 11.9. The number of hydrogen-bond donors (Lipinski definition) is 0. The Morgan fingerprint density at radius 1 is 1.61 bits per heavy atom. The molecular weight excluding hydrogens is 230 g/mol. The van der Waals surface area contributed by atoms with Crippen LogP contribution in [0.1, 0.15) is 30.4 Å². The van der Waals surface area contributed by atoms with Crippen LogP contribution in [0.3, 0.4) is 0 Å². The molecule has 2 saturated heterocycles. The highest BCUT2D eigenvalue weighted by Crippen LogP contribution is 2.23. The number of rotatable bonds is 3. The Bertz CT molecular complexity index is 443. The van der Waals surface area contributed by atoms with Crippen LogP contribution < -0.4 is 0 Å². The SMILES string of the molecule is CCn1ccnc1C(=O)C1CN2CCCC2CO1. The van der Waals surface area contributed by atoms with E-state index in [4.69, 9.17) is 4.74 Å². The van der Waals surface area contributed by atoms with Crippen molar-refractivity contribution in [3.05, 3.63) is 18.2 Å². The van der Waals surface area contributed by atoms with E-state index in [0.29, 0.717) is 18.5 Å². The quantitative estimate of drug-likeness (QED) is 0.748. The molecule has 1 aromatic rings. The number of carbonyl (C=O) groups is 1. The first-order valence-corrected chi connectivity index (χ1v) is 6.70. The maximum Gasteiger partial charge on any atom is 0.228 e. The van der Waals surface area contributed by atoms with E-state index in [1.165, 1.54) is 12.8 Å². The van der Waals surface area contributed by atoms with Crippen molar-refractivity contribution in [2.75, 3.05) is 19.7 Å². The van der Waals surface area contributed by atoms with Crippen molar-refractivity contribution in [3.8, 4) is 0 Å². The Hall–Kier alpha value is -1.20. The molecule has 3 heterocycles. The van der Waals surface area contributed by atoms with Gasteiger partial charge in [-0.05, 0) is 26.3 Å². The van der Waals surface area contributed by atoms with Crippen LogP contribution in [-0.4, -0.2) is 52.1 Å². The number of fused-ring (bicyclic) bond motifs is 1. The van der Waals surface area contributed by atoms with E-state index in [1.54, 1.807) is 6.20 Å². The third-order valence-electron chi connectivity index (χ3n) is 3.96. The minimum atomic E-state index is -0.341. The largest absolute Gasteiger partial charge is 0.367 e. The highest BCUT2D eigenvalue weighted by Gasteiger charge is 2.36.